The van der Waals surface area contributed by atoms with E-state index in [9.17, 15) is 9.90 Å². The van der Waals surface area contributed by atoms with Gasteiger partial charge >= 0.3 is 5.97 Å². The van der Waals surface area contributed by atoms with Crippen LogP contribution in [0.25, 0.3) is 0 Å². The summed E-state index contributed by atoms with van der Waals surface area (Å²) in [7, 11) is 0. The van der Waals surface area contributed by atoms with Gasteiger partial charge in [-0.05, 0) is 26.7 Å². The van der Waals surface area contributed by atoms with Gasteiger partial charge in [0, 0.05) is 5.92 Å². The SMILES string of the molecule is CCOC(=O)C(C)=C(O)C1CCCCC1. The third-order valence-electron chi connectivity index (χ3n) is 2.96. The van der Waals surface area contributed by atoms with Gasteiger partial charge in [-0.2, -0.15) is 0 Å². The Balaban J connectivity index is 2.65. The van der Waals surface area contributed by atoms with Crippen LogP contribution in [-0.4, -0.2) is 17.7 Å². The van der Waals surface area contributed by atoms with E-state index < -0.39 is 0 Å². The minimum Gasteiger partial charge on any atom is -0.511 e. The second-order valence-electron chi connectivity index (χ2n) is 4.07. The lowest BCUT2D eigenvalue weighted by Gasteiger charge is -2.21. The highest BCUT2D eigenvalue weighted by atomic mass is 16.5. The van der Waals surface area contributed by atoms with Gasteiger partial charge in [-0.1, -0.05) is 19.3 Å². The lowest BCUT2D eigenvalue weighted by Crippen LogP contribution is -2.15. The maximum atomic E-state index is 11.4. The fraction of sp³-hybridized carbons (Fsp3) is 0.750. The second kappa shape index (κ2) is 5.79. The van der Waals surface area contributed by atoms with E-state index >= 15 is 0 Å². The van der Waals surface area contributed by atoms with E-state index in [1.54, 1.807) is 13.8 Å². The highest BCUT2D eigenvalue weighted by Gasteiger charge is 2.22. The van der Waals surface area contributed by atoms with E-state index in [1.807, 2.05) is 0 Å². The number of rotatable bonds is 3. The number of allylic oxidation sites excluding steroid dienone is 1. The molecule has 1 N–H and O–H groups in total. The molecule has 1 fully saturated rings. The number of aliphatic hydroxyl groups excluding tert-OH is 1. The Labute approximate surface area is 91.1 Å². The van der Waals surface area contributed by atoms with Crippen LogP contribution in [0, 0.1) is 5.92 Å². The van der Waals surface area contributed by atoms with Crippen molar-refractivity contribution in [2.24, 2.45) is 5.92 Å². The molecule has 1 aliphatic carbocycles. The maximum Gasteiger partial charge on any atom is 0.337 e. The number of hydrogen-bond donors (Lipinski definition) is 1. The van der Waals surface area contributed by atoms with Crippen LogP contribution in [0.15, 0.2) is 11.3 Å². The molecular formula is C12H20O3. The number of aliphatic hydroxyl groups is 1. The number of carbonyl (C=O) groups excluding carboxylic acids is 1. The average molecular weight is 212 g/mol. The minimum atomic E-state index is -0.388. The van der Waals surface area contributed by atoms with Gasteiger partial charge < -0.3 is 9.84 Å². The molecule has 0 saturated heterocycles. The number of carbonyl (C=O) groups is 1. The van der Waals surface area contributed by atoms with Gasteiger partial charge in [-0.25, -0.2) is 4.79 Å². The zero-order chi connectivity index (χ0) is 11.3. The highest BCUT2D eigenvalue weighted by molar-refractivity contribution is 5.88. The summed E-state index contributed by atoms with van der Waals surface area (Å²) < 4.78 is 4.86. The smallest absolute Gasteiger partial charge is 0.337 e. The summed E-state index contributed by atoms with van der Waals surface area (Å²) >= 11 is 0. The standard InChI is InChI=1S/C12H20O3/c1-3-15-12(14)9(2)11(13)10-7-5-4-6-8-10/h10,13H,3-8H2,1-2H3. The molecule has 0 bridgehead atoms. The Kier molecular flexibility index (Phi) is 4.66. The summed E-state index contributed by atoms with van der Waals surface area (Å²) in [6.45, 7) is 3.76. The minimum absolute atomic E-state index is 0.170. The van der Waals surface area contributed by atoms with Crippen LogP contribution in [0.1, 0.15) is 46.0 Å². The fourth-order valence-corrected chi connectivity index (χ4v) is 2.03. The van der Waals surface area contributed by atoms with Crippen LogP contribution < -0.4 is 0 Å². The van der Waals surface area contributed by atoms with Crippen LogP contribution in [0.2, 0.25) is 0 Å². The molecular weight excluding hydrogens is 192 g/mol. The molecule has 1 rings (SSSR count). The summed E-state index contributed by atoms with van der Waals surface area (Å²) in [6.07, 6.45) is 5.50. The summed E-state index contributed by atoms with van der Waals surface area (Å²) in [4.78, 5) is 11.4. The first-order valence-corrected chi connectivity index (χ1v) is 5.73. The first-order valence-electron chi connectivity index (χ1n) is 5.73. The summed E-state index contributed by atoms with van der Waals surface area (Å²) in [5, 5.41) is 9.92. The van der Waals surface area contributed by atoms with E-state index in [0.29, 0.717) is 12.2 Å². The molecule has 0 radical (unpaired) electrons. The third-order valence-corrected chi connectivity index (χ3v) is 2.96. The van der Waals surface area contributed by atoms with Crippen molar-refractivity contribution in [3.8, 4) is 0 Å². The molecule has 0 aliphatic heterocycles. The van der Waals surface area contributed by atoms with Gasteiger partial charge in [0.1, 0.15) is 5.76 Å². The van der Waals surface area contributed by atoms with E-state index in [1.165, 1.54) is 6.42 Å². The number of esters is 1. The molecule has 0 unspecified atom stereocenters. The Morgan fingerprint density at radius 3 is 2.47 bits per heavy atom. The van der Waals surface area contributed by atoms with Gasteiger partial charge in [-0.15, -0.1) is 0 Å². The normalized spacial score (nSPS) is 19.6. The first kappa shape index (κ1) is 12.1. The van der Waals surface area contributed by atoms with Crippen molar-refractivity contribution in [2.45, 2.75) is 46.0 Å². The molecule has 0 aromatic heterocycles. The monoisotopic (exact) mass is 212 g/mol. The molecule has 0 aromatic rings. The van der Waals surface area contributed by atoms with Crippen molar-refractivity contribution in [1.82, 2.24) is 0 Å². The zero-order valence-electron chi connectivity index (χ0n) is 9.58. The van der Waals surface area contributed by atoms with Crippen molar-refractivity contribution in [2.75, 3.05) is 6.61 Å². The molecule has 1 aliphatic rings. The van der Waals surface area contributed by atoms with E-state index in [0.717, 1.165) is 25.7 Å². The quantitative estimate of drug-likeness (QED) is 0.444. The molecule has 3 nitrogen and oxygen atoms in total. The van der Waals surface area contributed by atoms with Crippen LogP contribution in [-0.2, 0) is 9.53 Å². The maximum absolute atomic E-state index is 11.4. The van der Waals surface area contributed by atoms with Gasteiger partial charge in [0.05, 0.1) is 12.2 Å². The molecule has 0 atom stereocenters. The fourth-order valence-electron chi connectivity index (χ4n) is 2.03. The number of ether oxygens (including phenoxy) is 1. The lowest BCUT2D eigenvalue weighted by atomic mass is 9.86. The van der Waals surface area contributed by atoms with Gasteiger partial charge in [0.15, 0.2) is 0 Å². The summed E-state index contributed by atoms with van der Waals surface area (Å²) in [6, 6.07) is 0. The topological polar surface area (TPSA) is 46.5 Å². The summed E-state index contributed by atoms with van der Waals surface area (Å²) in [5.74, 6) is 0.0249. The van der Waals surface area contributed by atoms with Crippen LogP contribution in [0.5, 0.6) is 0 Å². The van der Waals surface area contributed by atoms with Crippen LogP contribution in [0.4, 0.5) is 0 Å². The van der Waals surface area contributed by atoms with Gasteiger partial charge in [-0.3, -0.25) is 0 Å². The molecule has 0 amide bonds. The van der Waals surface area contributed by atoms with E-state index in [-0.39, 0.29) is 17.6 Å². The molecule has 0 spiro atoms. The van der Waals surface area contributed by atoms with E-state index in [2.05, 4.69) is 0 Å². The Bertz CT molecular complexity index is 250. The predicted octanol–water partition coefficient (Wildman–Crippen LogP) is 2.96. The molecule has 15 heavy (non-hydrogen) atoms. The third kappa shape index (κ3) is 3.26. The Morgan fingerprint density at radius 2 is 1.93 bits per heavy atom. The molecule has 86 valence electrons. The largest absolute Gasteiger partial charge is 0.511 e. The predicted molar refractivity (Wildman–Crippen MR) is 58.5 cm³/mol. The second-order valence-corrected chi connectivity index (χ2v) is 4.07. The van der Waals surface area contributed by atoms with Crippen molar-refractivity contribution in [3.05, 3.63) is 11.3 Å². The highest BCUT2D eigenvalue weighted by Crippen LogP contribution is 2.30. The van der Waals surface area contributed by atoms with Crippen LogP contribution in [0.3, 0.4) is 0 Å². The van der Waals surface area contributed by atoms with Crippen molar-refractivity contribution in [1.29, 1.82) is 0 Å². The number of hydrogen-bond acceptors (Lipinski definition) is 3. The summed E-state index contributed by atoms with van der Waals surface area (Å²) in [5.41, 5.74) is 0.378. The molecule has 1 saturated carbocycles. The van der Waals surface area contributed by atoms with Crippen molar-refractivity contribution < 1.29 is 14.6 Å². The van der Waals surface area contributed by atoms with Crippen molar-refractivity contribution >= 4 is 5.97 Å². The Morgan fingerprint density at radius 1 is 1.33 bits per heavy atom. The van der Waals surface area contributed by atoms with Crippen molar-refractivity contribution in [3.63, 3.8) is 0 Å². The Hall–Kier alpha value is -0.990. The molecule has 0 aromatic carbocycles. The lowest BCUT2D eigenvalue weighted by molar-refractivity contribution is -0.138. The molecule has 0 heterocycles. The first-order chi connectivity index (χ1) is 7.16. The van der Waals surface area contributed by atoms with E-state index in [4.69, 9.17) is 4.74 Å². The van der Waals surface area contributed by atoms with Gasteiger partial charge in [0.25, 0.3) is 0 Å². The average Bonchev–Trinajstić information content (AvgIpc) is 2.28. The zero-order valence-corrected chi connectivity index (χ0v) is 9.58. The van der Waals surface area contributed by atoms with Crippen LogP contribution >= 0.6 is 0 Å². The van der Waals surface area contributed by atoms with Gasteiger partial charge in [0.2, 0.25) is 0 Å². The molecule has 3 heteroatoms.